The summed E-state index contributed by atoms with van der Waals surface area (Å²) in [5.41, 5.74) is 2.79. The van der Waals surface area contributed by atoms with Crippen LogP contribution in [0.5, 0.6) is 0 Å². The van der Waals surface area contributed by atoms with E-state index in [1.807, 2.05) is 0 Å². The number of rotatable bonds is 2. The zero-order chi connectivity index (χ0) is 11.4. The summed E-state index contributed by atoms with van der Waals surface area (Å²) < 4.78 is 0. The fraction of sp³-hybridized carbons (Fsp3) is 0.917. The third kappa shape index (κ3) is 2.67. The first-order chi connectivity index (χ1) is 7.83. The van der Waals surface area contributed by atoms with Crippen molar-refractivity contribution < 1.29 is 0 Å². The average Bonchev–Trinajstić information content (AvgIpc) is 2.96. The third-order valence-corrected chi connectivity index (χ3v) is 3.92. The topological polar surface area (TPSA) is 53.6 Å². The Kier molecular flexibility index (Phi) is 4.04. The number of hydrazine groups is 1. The second-order valence-electron chi connectivity index (χ2n) is 5.04. The normalized spacial score (nSPS) is 27.8. The number of hydrogen-bond acceptors (Lipinski definition) is 2. The Balaban J connectivity index is 1.93. The van der Waals surface area contributed by atoms with Crippen molar-refractivity contribution in [2.75, 3.05) is 13.1 Å². The summed E-state index contributed by atoms with van der Waals surface area (Å²) in [4.78, 5) is 7.06. The molecule has 2 fully saturated rings. The van der Waals surface area contributed by atoms with Gasteiger partial charge in [0.2, 0.25) is 5.96 Å². The van der Waals surface area contributed by atoms with Gasteiger partial charge in [0.25, 0.3) is 0 Å². The van der Waals surface area contributed by atoms with Gasteiger partial charge < -0.3 is 4.90 Å². The van der Waals surface area contributed by atoms with Crippen LogP contribution in [0.4, 0.5) is 0 Å². The van der Waals surface area contributed by atoms with Crippen molar-refractivity contribution >= 4 is 5.96 Å². The molecule has 0 amide bonds. The quantitative estimate of drug-likeness (QED) is 0.323. The van der Waals surface area contributed by atoms with Crippen LogP contribution in [0.2, 0.25) is 0 Å². The lowest BCUT2D eigenvalue weighted by molar-refractivity contribution is 0.452. The van der Waals surface area contributed by atoms with Crippen molar-refractivity contribution in [1.82, 2.24) is 10.3 Å². The average molecular weight is 224 g/mol. The van der Waals surface area contributed by atoms with Crippen LogP contribution in [0, 0.1) is 5.92 Å². The standard InChI is InChI=1S/C12H24N4/c1-2-10-7-8-16(9-10)12(15-13)14-11-5-3-4-6-11/h10-11H,2-9,13H2,1H3,(H,14,15). The molecule has 0 aromatic carbocycles. The molecule has 16 heavy (non-hydrogen) atoms. The molecule has 4 heteroatoms. The van der Waals surface area contributed by atoms with E-state index in [1.54, 1.807) is 0 Å². The van der Waals surface area contributed by atoms with E-state index in [2.05, 4.69) is 17.2 Å². The van der Waals surface area contributed by atoms with Crippen molar-refractivity contribution in [3.8, 4) is 0 Å². The number of aliphatic imine (C=N–C) groups is 1. The number of nitrogens with one attached hydrogen (secondary N) is 1. The van der Waals surface area contributed by atoms with Crippen LogP contribution >= 0.6 is 0 Å². The van der Waals surface area contributed by atoms with E-state index in [9.17, 15) is 0 Å². The molecule has 0 radical (unpaired) electrons. The van der Waals surface area contributed by atoms with Crippen LogP contribution in [0.3, 0.4) is 0 Å². The fourth-order valence-corrected chi connectivity index (χ4v) is 2.77. The van der Waals surface area contributed by atoms with E-state index in [0.29, 0.717) is 6.04 Å². The summed E-state index contributed by atoms with van der Waals surface area (Å²) in [5, 5.41) is 0. The van der Waals surface area contributed by atoms with Crippen molar-refractivity contribution in [3.63, 3.8) is 0 Å². The minimum Gasteiger partial charge on any atom is -0.342 e. The molecule has 1 heterocycles. The second-order valence-corrected chi connectivity index (χ2v) is 5.04. The first-order valence-electron chi connectivity index (χ1n) is 6.62. The number of hydrogen-bond donors (Lipinski definition) is 2. The Hall–Kier alpha value is -0.770. The molecule has 2 aliphatic rings. The SMILES string of the molecule is CCC1CCN(C(=NC2CCCC2)NN)C1. The summed E-state index contributed by atoms with van der Waals surface area (Å²) >= 11 is 0. The van der Waals surface area contributed by atoms with Gasteiger partial charge in [0.15, 0.2) is 0 Å². The van der Waals surface area contributed by atoms with E-state index in [1.165, 1.54) is 38.5 Å². The Morgan fingerprint density at radius 3 is 2.69 bits per heavy atom. The van der Waals surface area contributed by atoms with Gasteiger partial charge in [0.1, 0.15) is 0 Å². The van der Waals surface area contributed by atoms with E-state index in [4.69, 9.17) is 10.8 Å². The molecule has 0 aromatic heterocycles. The molecule has 2 rings (SSSR count). The number of nitrogens with two attached hydrogens (primary N) is 1. The molecule has 3 N–H and O–H groups in total. The minimum absolute atomic E-state index is 0.506. The highest BCUT2D eigenvalue weighted by Crippen LogP contribution is 2.23. The van der Waals surface area contributed by atoms with E-state index < -0.39 is 0 Å². The zero-order valence-corrected chi connectivity index (χ0v) is 10.3. The van der Waals surface area contributed by atoms with Gasteiger partial charge in [-0.1, -0.05) is 26.2 Å². The van der Waals surface area contributed by atoms with Crippen molar-refractivity contribution in [3.05, 3.63) is 0 Å². The smallest absolute Gasteiger partial charge is 0.208 e. The first-order valence-corrected chi connectivity index (χ1v) is 6.62. The number of nitrogens with zero attached hydrogens (tertiary/aromatic N) is 2. The molecule has 0 aromatic rings. The monoisotopic (exact) mass is 224 g/mol. The maximum Gasteiger partial charge on any atom is 0.208 e. The fourth-order valence-electron chi connectivity index (χ4n) is 2.77. The Morgan fingerprint density at radius 1 is 1.38 bits per heavy atom. The van der Waals surface area contributed by atoms with Gasteiger partial charge in [-0.05, 0) is 25.2 Å². The first kappa shape index (κ1) is 11.7. The Labute approximate surface area is 98.3 Å². The van der Waals surface area contributed by atoms with Crippen LogP contribution in [0.1, 0.15) is 45.4 Å². The summed E-state index contributed by atoms with van der Waals surface area (Å²) in [6.07, 6.45) is 7.65. The maximum absolute atomic E-state index is 5.60. The van der Waals surface area contributed by atoms with Gasteiger partial charge in [0, 0.05) is 13.1 Å². The second kappa shape index (κ2) is 5.53. The van der Waals surface area contributed by atoms with Crippen molar-refractivity contribution in [2.45, 2.75) is 51.5 Å². The number of likely N-dealkylation sites (tertiary alicyclic amines) is 1. The predicted octanol–water partition coefficient (Wildman–Crippen LogP) is 1.48. The molecule has 1 aliphatic carbocycles. The molecule has 0 bridgehead atoms. The van der Waals surface area contributed by atoms with Gasteiger partial charge in [-0.25, -0.2) is 10.8 Å². The lowest BCUT2D eigenvalue weighted by Gasteiger charge is -2.21. The summed E-state index contributed by atoms with van der Waals surface area (Å²) in [5.74, 6) is 7.34. The lowest BCUT2D eigenvalue weighted by atomic mass is 10.1. The van der Waals surface area contributed by atoms with Crippen molar-refractivity contribution in [1.29, 1.82) is 0 Å². The third-order valence-electron chi connectivity index (χ3n) is 3.92. The summed E-state index contributed by atoms with van der Waals surface area (Å²) in [6.45, 7) is 4.48. The van der Waals surface area contributed by atoms with Gasteiger partial charge in [0.05, 0.1) is 6.04 Å². The molecule has 1 saturated carbocycles. The van der Waals surface area contributed by atoms with Crippen LogP contribution in [0.25, 0.3) is 0 Å². The molecule has 4 nitrogen and oxygen atoms in total. The minimum atomic E-state index is 0.506. The van der Waals surface area contributed by atoms with Gasteiger partial charge in [-0.2, -0.15) is 0 Å². The van der Waals surface area contributed by atoms with Crippen LogP contribution < -0.4 is 11.3 Å². The molecular weight excluding hydrogens is 200 g/mol. The highest BCUT2D eigenvalue weighted by atomic mass is 15.4. The molecule has 1 saturated heterocycles. The van der Waals surface area contributed by atoms with E-state index in [0.717, 1.165) is 25.0 Å². The van der Waals surface area contributed by atoms with Gasteiger partial charge >= 0.3 is 0 Å². The predicted molar refractivity (Wildman–Crippen MR) is 67.0 cm³/mol. The molecule has 0 spiro atoms. The molecular formula is C12H24N4. The number of guanidine groups is 1. The van der Waals surface area contributed by atoms with Crippen LogP contribution in [-0.2, 0) is 0 Å². The Morgan fingerprint density at radius 2 is 2.12 bits per heavy atom. The molecule has 92 valence electrons. The summed E-state index contributed by atoms with van der Waals surface area (Å²) in [6, 6.07) is 0.506. The lowest BCUT2D eigenvalue weighted by Crippen LogP contribution is -2.44. The molecule has 1 unspecified atom stereocenters. The molecule has 1 atom stereocenters. The van der Waals surface area contributed by atoms with E-state index >= 15 is 0 Å². The molecule has 1 aliphatic heterocycles. The van der Waals surface area contributed by atoms with E-state index in [-0.39, 0.29) is 0 Å². The summed E-state index contributed by atoms with van der Waals surface area (Å²) in [7, 11) is 0. The largest absolute Gasteiger partial charge is 0.342 e. The highest BCUT2D eigenvalue weighted by Gasteiger charge is 2.24. The van der Waals surface area contributed by atoms with Crippen molar-refractivity contribution in [2.24, 2.45) is 16.8 Å². The van der Waals surface area contributed by atoms with Crippen LogP contribution in [-0.4, -0.2) is 30.0 Å². The highest BCUT2D eigenvalue weighted by molar-refractivity contribution is 5.79. The van der Waals surface area contributed by atoms with Crippen LogP contribution in [0.15, 0.2) is 4.99 Å². The Bertz CT molecular complexity index is 245. The zero-order valence-electron chi connectivity index (χ0n) is 10.3. The van der Waals surface area contributed by atoms with Gasteiger partial charge in [-0.15, -0.1) is 0 Å². The maximum atomic E-state index is 5.60. The van der Waals surface area contributed by atoms with Gasteiger partial charge in [-0.3, -0.25) is 5.43 Å².